The molecule has 19 heavy (non-hydrogen) atoms. The van der Waals surface area contributed by atoms with Crippen molar-refractivity contribution in [2.45, 2.75) is 64.0 Å². The van der Waals surface area contributed by atoms with Crippen molar-refractivity contribution in [3.05, 3.63) is 0 Å². The van der Waals surface area contributed by atoms with Crippen LogP contribution in [0.3, 0.4) is 0 Å². The summed E-state index contributed by atoms with van der Waals surface area (Å²) in [4.78, 5) is 10.7. The van der Waals surface area contributed by atoms with Gasteiger partial charge in [-0.15, -0.1) is 0 Å². The highest BCUT2D eigenvalue weighted by Gasteiger charge is 2.33. The van der Waals surface area contributed by atoms with E-state index >= 15 is 0 Å². The summed E-state index contributed by atoms with van der Waals surface area (Å²) in [5, 5.41) is 8.78. The van der Waals surface area contributed by atoms with Crippen molar-refractivity contribution in [2.24, 2.45) is 0 Å². The molecule has 1 fully saturated rings. The summed E-state index contributed by atoms with van der Waals surface area (Å²) < 4.78 is 28.3. The van der Waals surface area contributed by atoms with Crippen LogP contribution in [0.4, 0.5) is 0 Å². The first-order valence-corrected chi connectivity index (χ1v) is 8.07. The minimum Gasteiger partial charge on any atom is -0.481 e. The summed E-state index contributed by atoms with van der Waals surface area (Å²) in [7, 11) is -2.08. The van der Waals surface area contributed by atoms with Crippen LogP contribution in [-0.2, 0) is 15.0 Å². The van der Waals surface area contributed by atoms with E-state index < -0.39 is 21.7 Å². The zero-order valence-electron chi connectivity index (χ0n) is 11.8. The second-order valence-corrected chi connectivity index (χ2v) is 7.60. The number of nitrogens with one attached hydrogen (secondary N) is 1. The smallest absolute Gasteiger partial charge is 0.305 e. The molecule has 0 aromatic rings. The highest BCUT2D eigenvalue weighted by atomic mass is 32.2. The molecule has 6 nitrogen and oxygen atoms in total. The molecule has 1 aliphatic carbocycles. The fraction of sp³-hybridized carbons (Fsp3) is 0.917. The van der Waals surface area contributed by atoms with Crippen molar-refractivity contribution < 1.29 is 18.3 Å². The minimum atomic E-state index is -3.64. The van der Waals surface area contributed by atoms with E-state index in [4.69, 9.17) is 5.11 Å². The number of carbonyl (C=O) groups is 1. The molecule has 7 heteroatoms. The van der Waals surface area contributed by atoms with Crippen LogP contribution in [0.1, 0.15) is 52.4 Å². The van der Waals surface area contributed by atoms with Crippen molar-refractivity contribution in [3.8, 4) is 0 Å². The summed E-state index contributed by atoms with van der Waals surface area (Å²) >= 11 is 0. The van der Waals surface area contributed by atoms with Crippen molar-refractivity contribution in [1.29, 1.82) is 0 Å². The zero-order chi connectivity index (χ0) is 14.7. The van der Waals surface area contributed by atoms with Crippen LogP contribution in [-0.4, -0.2) is 42.4 Å². The van der Waals surface area contributed by atoms with Gasteiger partial charge in [0.15, 0.2) is 0 Å². The van der Waals surface area contributed by atoms with E-state index in [1.807, 2.05) is 0 Å². The number of hydrogen-bond acceptors (Lipinski definition) is 3. The first-order chi connectivity index (χ1) is 8.64. The summed E-state index contributed by atoms with van der Waals surface area (Å²) in [6, 6.07) is 0.0203. The number of rotatable bonds is 6. The van der Waals surface area contributed by atoms with Gasteiger partial charge in [0.2, 0.25) is 0 Å². The fourth-order valence-electron chi connectivity index (χ4n) is 2.48. The van der Waals surface area contributed by atoms with Crippen LogP contribution in [0.2, 0.25) is 0 Å². The Hall–Kier alpha value is -0.660. The third kappa shape index (κ3) is 5.08. The van der Waals surface area contributed by atoms with Gasteiger partial charge in [0.25, 0.3) is 10.2 Å². The largest absolute Gasteiger partial charge is 0.481 e. The maximum atomic E-state index is 12.2. The van der Waals surface area contributed by atoms with E-state index in [2.05, 4.69) is 4.72 Å². The van der Waals surface area contributed by atoms with Crippen molar-refractivity contribution in [1.82, 2.24) is 9.03 Å². The molecule has 1 rings (SSSR count). The topological polar surface area (TPSA) is 86.7 Å². The molecule has 0 aromatic carbocycles. The van der Waals surface area contributed by atoms with E-state index in [1.165, 1.54) is 4.31 Å². The van der Waals surface area contributed by atoms with Crippen LogP contribution < -0.4 is 4.72 Å². The lowest BCUT2D eigenvalue weighted by Gasteiger charge is -2.33. The summed E-state index contributed by atoms with van der Waals surface area (Å²) in [5.74, 6) is -1.02. The molecule has 0 aromatic heterocycles. The number of nitrogens with zero attached hydrogens (tertiary/aromatic N) is 1. The quantitative estimate of drug-likeness (QED) is 0.773. The fourth-order valence-corrected chi connectivity index (χ4v) is 3.99. The van der Waals surface area contributed by atoms with Crippen LogP contribution in [0.5, 0.6) is 0 Å². The average Bonchev–Trinajstić information content (AvgIpc) is 2.25. The Morgan fingerprint density at radius 1 is 1.32 bits per heavy atom. The Labute approximate surface area is 115 Å². The van der Waals surface area contributed by atoms with Crippen molar-refractivity contribution in [2.75, 3.05) is 7.05 Å². The van der Waals surface area contributed by atoms with Gasteiger partial charge in [0.1, 0.15) is 0 Å². The lowest BCUT2D eigenvalue weighted by molar-refractivity contribution is -0.138. The molecule has 0 unspecified atom stereocenters. The van der Waals surface area contributed by atoms with E-state index in [1.54, 1.807) is 20.9 Å². The summed E-state index contributed by atoms with van der Waals surface area (Å²) in [6.45, 7) is 3.15. The van der Waals surface area contributed by atoms with Crippen LogP contribution >= 0.6 is 0 Å². The predicted octanol–water partition coefficient (Wildman–Crippen LogP) is 1.34. The molecular formula is C12H24N2O4S. The molecule has 0 saturated heterocycles. The molecule has 0 aliphatic heterocycles. The number of aliphatic carboxylic acids is 1. The molecule has 0 amide bonds. The van der Waals surface area contributed by atoms with Crippen molar-refractivity contribution in [3.63, 3.8) is 0 Å². The maximum Gasteiger partial charge on any atom is 0.305 e. The van der Waals surface area contributed by atoms with E-state index in [0.29, 0.717) is 0 Å². The van der Waals surface area contributed by atoms with E-state index in [9.17, 15) is 13.2 Å². The number of carboxylic acid groups (broad SMARTS) is 1. The second-order valence-electron chi connectivity index (χ2n) is 5.87. The second kappa shape index (κ2) is 6.19. The Balaban J connectivity index is 2.71. The number of hydrogen-bond donors (Lipinski definition) is 2. The summed E-state index contributed by atoms with van der Waals surface area (Å²) in [5.41, 5.74) is -0.992. The SMILES string of the molecule is CN(C1CCCCC1)S(=O)(=O)NC(C)(C)CC(=O)O. The third-order valence-electron chi connectivity index (χ3n) is 3.47. The van der Waals surface area contributed by atoms with Gasteiger partial charge >= 0.3 is 5.97 Å². The highest BCUT2D eigenvalue weighted by molar-refractivity contribution is 7.87. The van der Waals surface area contributed by atoms with Gasteiger partial charge in [-0.05, 0) is 26.7 Å². The Morgan fingerprint density at radius 3 is 2.32 bits per heavy atom. The third-order valence-corrected chi connectivity index (χ3v) is 5.33. The molecule has 0 heterocycles. The maximum absolute atomic E-state index is 12.2. The Kier molecular flexibility index (Phi) is 5.34. The Bertz CT molecular complexity index is 413. The molecule has 1 aliphatic rings. The Morgan fingerprint density at radius 2 is 1.84 bits per heavy atom. The normalized spacial score (nSPS) is 18.7. The summed E-state index contributed by atoms with van der Waals surface area (Å²) in [6.07, 6.45) is 4.74. The molecule has 1 saturated carbocycles. The molecule has 112 valence electrons. The number of carboxylic acids is 1. The first-order valence-electron chi connectivity index (χ1n) is 6.63. The average molecular weight is 292 g/mol. The molecule has 0 spiro atoms. The van der Waals surface area contributed by atoms with Gasteiger partial charge in [-0.25, -0.2) is 0 Å². The van der Waals surface area contributed by atoms with Crippen LogP contribution in [0.15, 0.2) is 0 Å². The predicted molar refractivity (Wildman–Crippen MR) is 73.0 cm³/mol. The van der Waals surface area contributed by atoms with Crippen LogP contribution in [0.25, 0.3) is 0 Å². The molecule has 0 bridgehead atoms. The highest BCUT2D eigenvalue weighted by Crippen LogP contribution is 2.24. The lowest BCUT2D eigenvalue weighted by Crippen LogP contribution is -2.52. The molecule has 0 radical (unpaired) electrons. The van der Waals surface area contributed by atoms with Gasteiger partial charge in [0, 0.05) is 18.6 Å². The van der Waals surface area contributed by atoms with E-state index in [0.717, 1.165) is 32.1 Å². The lowest BCUT2D eigenvalue weighted by atomic mass is 9.96. The minimum absolute atomic E-state index is 0.0203. The zero-order valence-corrected chi connectivity index (χ0v) is 12.7. The van der Waals surface area contributed by atoms with Crippen LogP contribution in [0, 0.1) is 0 Å². The molecule has 0 atom stereocenters. The van der Waals surface area contributed by atoms with Crippen molar-refractivity contribution >= 4 is 16.2 Å². The molecule has 2 N–H and O–H groups in total. The standard InChI is InChI=1S/C12H24N2O4S/c1-12(2,9-11(15)16)13-19(17,18)14(3)10-7-5-4-6-8-10/h10,13H,4-9H2,1-3H3,(H,15,16). The van der Waals surface area contributed by atoms with Gasteiger partial charge < -0.3 is 5.11 Å². The monoisotopic (exact) mass is 292 g/mol. The first kappa shape index (κ1) is 16.4. The van der Waals surface area contributed by atoms with Gasteiger partial charge in [-0.2, -0.15) is 17.4 Å². The molecular weight excluding hydrogens is 268 g/mol. The van der Waals surface area contributed by atoms with E-state index in [-0.39, 0.29) is 12.5 Å². The van der Waals surface area contributed by atoms with Gasteiger partial charge in [-0.1, -0.05) is 19.3 Å². The van der Waals surface area contributed by atoms with Gasteiger partial charge in [-0.3, -0.25) is 4.79 Å². The van der Waals surface area contributed by atoms with Gasteiger partial charge in [0.05, 0.1) is 6.42 Å².